The Morgan fingerprint density at radius 2 is 2.08 bits per heavy atom. The van der Waals surface area contributed by atoms with Crippen molar-refractivity contribution in [2.24, 2.45) is 0 Å². The van der Waals surface area contributed by atoms with Gasteiger partial charge in [0.1, 0.15) is 11.6 Å². The lowest BCUT2D eigenvalue weighted by molar-refractivity contribution is 0.522. The molecule has 0 aliphatic carbocycles. The van der Waals surface area contributed by atoms with Gasteiger partial charge in [0.15, 0.2) is 5.82 Å². The Kier molecular flexibility index (Phi) is 4.65. The first kappa shape index (κ1) is 16.7. The van der Waals surface area contributed by atoms with Gasteiger partial charge in [0, 0.05) is 61.3 Å². The number of aryl methyl sites for hydroxylation is 3. The molecule has 4 heterocycles. The zero-order chi connectivity index (χ0) is 17.9. The van der Waals surface area contributed by atoms with E-state index in [2.05, 4.69) is 33.0 Å². The molecule has 0 unspecified atom stereocenters. The molecule has 0 aromatic carbocycles. The number of rotatable bonds is 5. The Hall–Kier alpha value is -2.76. The molecular weight excluding hydrogens is 324 g/mol. The van der Waals surface area contributed by atoms with E-state index in [-0.39, 0.29) is 0 Å². The molecule has 0 amide bonds. The van der Waals surface area contributed by atoms with Crippen LogP contribution in [0.15, 0.2) is 30.7 Å². The third-order valence-electron chi connectivity index (χ3n) is 4.94. The second-order valence-electron chi connectivity index (χ2n) is 6.82. The number of aromatic nitrogens is 5. The first-order valence-corrected chi connectivity index (χ1v) is 9.25. The van der Waals surface area contributed by atoms with E-state index in [0.717, 1.165) is 54.3 Å². The van der Waals surface area contributed by atoms with E-state index >= 15 is 0 Å². The lowest BCUT2D eigenvalue weighted by Crippen LogP contribution is -2.10. The predicted molar refractivity (Wildman–Crippen MR) is 102 cm³/mol. The summed E-state index contributed by atoms with van der Waals surface area (Å²) in [4.78, 5) is 18.3. The van der Waals surface area contributed by atoms with Crippen molar-refractivity contribution in [3.05, 3.63) is 53.5 Å². The van der Waals surface area contributed by atoms with Crippen molar-refractivity contribution in [3.63, 3.8) is 0 Å². The standard InChI is InChI=1S/C20H24N6/c1-14-15(2)23-20(16-6-5-9-21-12-16)25-19(14)22-10-8-17-13-26-11-4-3-7-18(26)24-17/h5-6,9,12-13H,3-4,7-8,10-11H2,1-2H3,(H,22,23,25). The molecule has 26 heavy (non-hydrogen) atoms. The number of anilines is 1. The minimum atomic E-state index is 0.709. The van der Waals surface area contributed by atoms with E-state index in [1.54, 1.807) is 12.4 Å². The van der Waals surface area contributed by atoms with Crippen LogP contribution in [0.4, 0.5) is 5.82 Å². The molecule has 0 radical (unpaired) electrons. The fourth-order valence-electron chi connectivity index (χ4n) is 3.33. The first-order valence-electron chi connectivity index (χ1n) is 9.25. The maximum atomic E-state index is 4.77. The highest BCUT2D eigenvalue weighted by atomic mass is 15.1. The van der Waals surface area contributed by atoms with Gasteiger partial charge in [0.05, 0.1) is 5.69 Å². The lowest BCUT2D eigenvalue weighted by Gasteiger charge is -2.12. The van der Waals surface area contributed by atoms with Crippen LogP contribution >= 0.6 is 0 Å². The molecule has 0 fully saturated rings. The normalized spacial score (nSPS) is 13.5. The third-order valence-corrected chi connectivity index (χ3v) is 4.94. The summed E-state index contributed by atoms with van der Waals surface area (Å²) in [5, 5.41) is 3.47. The zero-order valence-electron chi connectivity index (χ0n) is 15.4. The lowest BCUT2D eigenvalue weighted by atomic mass is 10.2. The summed E-state index contributed by atoms with van der Waals surface area (Å²) in [6.07, 6.45) is 10.3. The van der Waals surface area contributed by atoms with E-state index in [4.69, 9.17) is 9.97 Å². The minimum Gasteiger partial charge on any atom is -0.369 e. The molecule has 3 aromatic rings. The van der Waals surface area contributed by atoms with E-state index in [9.17, 15) is 0 Å². The highest BCUT2D eigenvalue weighted by molar-refractivity contribution is 5.58. The summed E-state index contributed by atoms with van der Waals surface area (Å²) >= 11 is 0. The van der Waals surface area contributed by atoms with E-state index in [1.807, 2.05) is 19.1 Å². The van der Waals surface area contributed by atoms with Gasteiger partial charge in [-0.2, -0.15) is 0 Å². The molecule has 0 spiro atoms. The average Bonchev–Trinajstić information content (AvgIpc) is 3.08. The van der Waals surface area contributed by atoms with Crippen LogP contribution in [0.25, 0.3) is 11.4 Å². The number of fused-ring (bicyclic) bond motifs is 1. The van der Waals surface area contributed by atoms with E-state index in [1.165, 1.54) is 18.7 Å². The molecule has 134 valence electrons. The average molecular weight is 348 g/mol. The molecular formula is C20H24N6. The van der Waals surface area contributed by atoms with Crippen LogP contribution in [0.5, 0.6) is 0 Å². The van der Waals surface area contributed by atoms with Crippen LogP contribution in [-0.2, 0) is 19.4 Å². The van der Waals surface area contributed by atoms with Crippen molar-refractivity contribution in [3.8, 4) is 11.4 Å². The van der Waals surface area contributed by atoms with Gasteiger partial charge in [-0.05, 0) is 38.8 Å². The van der Waals surface area contributed by atoms with Gasteiger partial charge in [-0.3, -0.25) is 4.98 Å². The molecule has 4 rings (SSSR count). The molecule has 0 saturated carbocycles. The topological polar surface area (TPSA) is 68.5 Å². The largest absolute Gasteiger partial charge is 0.369 e. The van der Waals surface area contributed by atoms with Gasteiger partial charge in [-0.1, -0.05) is 0 Å². The number of hydrogen-bond donors (Lipinski definition) is 1. The summed E-state index contributed by atoms with van der Waals surface area (Å²) in [7, 11) is 0. The highest BCUT2D eigenvalue weighted by Crippen LogP contribution is 2.21. The molecule has 0 saturated heterocycles. The maximum Gasteiger partial charge on any atom is 0.163 e. The number of hydrogen-bond acceptors (Lipinski definition) is 5. The van der Waals surface area contributed by atoms with E-state index < -0.39 is 0 Å². The SMILES string of the molecule is Cc1nc(-c2cccnc2)nc(NCCc2cn3c(n2)CCCC3)c1C. The fraction of sp³-hybridized carbons (Fsp3) is 0.400. The second-order valence-corrected chi connectivity index (χ2v) is 6.82. The van der Waals surface area contributed by atoms with Gasteiger partial charge in [-0.25, -0.2) is 15.0 Å². The summed E-state index contributed by atoms with van der Waals surface area (Å²) in [5.74, 6) is 2.83. The summed E-state index contributed by atoms with van der Waals surface area (Å²) in [6, 6.07) is 3.89. The van der Waals surface area contributed by atoms with Gasteiger partial charge in [0.2, 0.25) is 0 Å². The minimum absolute atomic E-state index is 0.709. The van der Waals surface area contributed by atoms with Crippen LogP contribution in [-0.4, -0.2) is 31.0 Å². The number of nitrogens with zero attached hydrogens (tertiary/aromatic N) is 5. The van der Waals surface area contributed by atoms with Gasteiger partial charge in [0.25, 0.3) is 0 Å². The van der Waals surface area contributed by atoms with Crippen LogP contribution in [0, 0.1) is 13.8 Å². The molecule has 1 aliphatic rings. The fourth-order valence-corrected chi connectivity index (χ4v) is 3.33. The van der Waals surface area contributed by atoms with Crippen LogP contribution in [0.2, 0.25) is 0 Å². The first-order chi connectivity index (χ1) is 12.7. The zero-order valence-corrected chi connectivity index (χ0v) is 15.4. The molecule has 6 heteroatoms. The Labute approximate surface area is 153 Å². The molecule has 6 nitrogen and oxygen atoms in total. The molecule has 0 atom stereocenters. The predicted octanol–water partition coefficient (Wildman–Crippen LogP) is 3.34. The van der Waals surface area contributed by atoms with Crippen molar-refractivity contribution >= 4 is 5.82 Å². The summed E-state index contributed by atoms with van der Waals surface area (Å²) < 4.78 is 2.30. The van der Waals surface area contributed by atoms with Crippen LogP contribution in [0.3, 0.4) is 0 Å². The number of pyridine rings is 1. The smallest absolute Gasteiger partial charge is 0.163 e. The van der Waals surface area contributed by atoms with Crippen molar-refractivity contribution < 1.29 is 0 Å². The number of nitrogens with one attached hydrogen (secondary N) is 1. The Balaban J connectivity index is 1.47. The van der Waals surface area contributed by atoms with Crippen LogP contribution in [0.1, 0.15) is 35.6 Å². The van der Waals surface area contributed by atoms with Crippen molar-refractivity contribution in [1.82, 2.24) is 24.5 Å². The van der Waals surface area contributed by atoms with Gasteiger partial charge < -0.3 is 9.88 Å². The van der Waals surface area contributed by atoms with Gasteiger partial charge in [-0.15, -0.1) is 0 Å². The third kappa shape index (κ3) is 3.45. The van der Waals surface area contributed by atoms with Crippen molar-refractivity contribution in [2.75, 3.05) is 11.9 Å². The highest BCUT2D eigenvalue weighted by Gasteiger charge is 2.13. The Morgan fingerprint density at radius 1 is 1.15 bits per heavy atom. The van der Waals surface area contributed by atoms with Crippen molar-refractivity contribution in [2.45, 2.75) is 46.1 Å². The van der Waals surface area contributed by atoms with Crippen LogP contribution < -0.4 is 5.32 Å². The molecule has 0 bridgehead atoms. The summed E-state index contributed by atoms with van der Waals surface area (Å²) in [6.45, 7) is 5.99. The van der Waals surface area contributed by atoms with Gasteiger partial charge >= 0.3 is 0 Å². The Morgan fingerprint density at radius 3 is 2.88 bits per heavy atom. The second kappa shape index (κ2) is 7.23. The Bertz CT molecular complexity index is 877. The monoisotopic (exact) mass is 348 g/mol. The molecule has 1 aliphatic heterocycles. The molecule has 3 aromatic heterocycles. The maximum absolute atomic E-state index is 4.77. The molecule has 1 N–H and O–H groups in total. The quantitative estimate of drug-likeness (QED) is 0.766. The van der Waals surface area contributed by atoms with E-state index in [0.29, 0.717) is 5.82 Å². The van der Waals surface area contributed by atoms with Crippen molar-refractivity contribution in [1.29, 1.82) is 0 Å². The number of imidazole rings is 1. The summed E-state index contributed by atoms with van der Waals surface area (Å²) in [5.41, 5.74) is 4.16.